The molecule has 1 heterocycles. The third-order valence-corrected chi connectivity index (χ3v) is 5.31. The average molecular weight is 351 g/mol. The number of benzene rings is 1. The molecule has 1 fully saturated rings. The van der Waals surface area contributed by atoms with Crippen LogP contribution in [0, 0.1) is 0 Å². The Hall–Kier alpha value is -0.0300. The summed E-state index contributed by atoms with van der Waals surface area (Å²) >= 11 is 18.3. The van der Waals surface area contributed by atoms with Crippen LogP contribution in [0.25, 0.3) is 0 Å². The second-order valence-electron chi connectivity index (χ2n) is 5.59. The third kappa shape index (κ3) is 4.72. The van der Waals surface area contributed by atoms with Crippen LogP contribution in [0.4, 0.5) is 0 Å². The first-order chi connectivity index (χ1) is 9.99. The highest BCUT2D eigenvalue weighted by molar-refractivity contribution is 6.48. The summed E-state index contributed by atoms with van der Waals surface area (Å²) in [6, 6.07) is 3.88. The number of piperazine rings is 1. The fraction of sp³-hybridized carbons (Fsp3) is 0.600. The van der Waals surface area contributed by atoms with E-state index < -0.39 is 0 Å². The maximum absolute atomic E-state index is 6.26. The van der Waals surface area contributed by atoms with Gasteiger partial charge in [0.25, 0.3) is 0 Å². The Labute approximate surface area is 142 Å². The van der Waals surface area contributed by atoms with Gasteiger partial charge >= 0.3 is 0 Å². The van der Waals surface area contributed by atoms with Gasteiger partial charge in [-0.15, -0.1) is 0 Å². The molecule has 0 aromatic heterocycles. The Morgan fingerprint density at radius 3 is 2.43 bits per heavy atom. The summed E-state index contributed by atoms with van der Waals surface area (Å²) in [5.74, 6) is 0. The molecule has 1 aliphatic rings. The molecule has 21 heavy (non-hydrogen) atoms. The Bertz CT molecular complexity index is 473. The van der Waals surface area contributed by atoms with Gasteiger partial charge in [0.05, 0.1) is 15.1 Å². The van der Waals surface area contributed by atoms with Crippen LogP contribution in [0.5, 0.6) is 0 Å². The second kappa shape index (κ2) is 8.00. The molecule has 1 aromatic rings. The highest BCUT2D eigenvalue weighted by Crippen LogP contribution is 2.35. The van der Waals surface area contributed by atoms with E-state index in [1.165, 1.54) is 0 Å². The van der Waals surface area contributed by atoms with Crippen LogP contribution in [-0.2, 0) is 0 Å². The van der Waals surface area contributed by atoms with E-state index in [1.807, 2.05) is 6.07 Å². The van der Waals surface area contributed by atoms with E-state index >= 15 is 0 Å². The van der Waals surface area contributed by atoms with Crippen molar-refractivity contribution >= 4 is 34.8 Å². The molecule has 0 radical (unpaired) electrons. The van der Waals surface area contributed by atoms with E-state index in [1.54, 1.807) is 6.07 Å². The summed E-state index contributed by atoms with van der Waals surface area (Å²) in [4.78, 5) is 4.85. The van der Waals surface area contributed by atoms with Gasteiger partial charge in [-0.3, -0.25) is 4.90 Å². The summed E-state index contributed by atoms with van der Waals surface area (Å²) in [6.45, 7) is 8.65. The maximum Gasteiger partial charge on any atom is 0.0781 e. The molecule has 1 aromatic carbocycles. The van der Waals surface area contributed by atoms with Gasteiger partial charge in [0.15, 0.2) is 0 Å². The van der Waals surface area contributed by atoms with Gasteiger partial charge < -0.3 is 10.2 Å². The van der Waals surface area contributed by atoms with Crippen LogP contribution in [0.15, 0.2) is 12.1 Å². The smallest absolute Gasteiger partial charge is 0.0781 e. The molecule has 0 amide bonds. The van der Waals surface area contributed by atoms with Crippen LogP contribution in [-0.4, -0.2) is 56.1 Å². The van der Waals surface area contributed by atoms with Crippen LogP contribution in [0.1, 0.15) is 18.5 Å². The van der Waals surface area contributed by atoms with E-state index in [9.17, 15) is 0 Å². The summed E-state index contributed by atoms with van der Waals surface area (Å²) in [7, 11) is 2.17. The first-order valence-electron chi connectivity index (χ1n) is 7.26. The minimum Gasteiger partial charge on any atom is -0.309 e. The number of rotatable bonds is 5. The molecular formula is C15H22Cl3N3. The zero-order valence-electron chi connectivity index (χ0n) is 12.5. The van der Waals surface area contributed by atoms with Gasteiger partial charge in [-0.1, -0.05) is 40.9 Å². The molecule has 0 spiro atoms. The Balaban J connectivity index is 1.82. The van der Waals surface area contributed by atoms with E-state index in [2.05, 4.69) is 29.1 Å². The van der Waals surface area contributed by atoms with Crippen LogP contribution in [0.2, 0.25) is 15.1 Å². The lowest BCUT2D eigenvalue weighted by Crippen LogP contribution is -2.46. The molecule has 0 aliphatic carbocycles. The fourth-order valence-corrected chi connectivity index (χ4v) is 3.20. The average Bonchev–Trinajstić information content (AvgIpc) is 2.47. The summed E-state index contributed by atoms with van der Waals surface area (Å²) in [5.41, 5.74) is 0.990. The number of hydrogen-bond acceptors (Lipinski definition) is 3. The van der Waals surface area contributed by atoms with E-state index in [4.69, 9.17) is 34.8 Å². The van der Waals surface area contributed by atoms with Crippen molar-refractivity contribution in [2.75, 3.05) is 46.3 Å². The monoisotopic (exact) mass is 349 g/mol. The first-order valence-corrected chi connectivity index (χ1v) is 8.40. The molecule has 0 bridgehead atoms. The van der Waals surface area contributed by atoms with Crippen molar-refractivity contribution in [2.24, 2.45) is 0 Å². The Morgan fingerprint density at radius 2 is 1.76 bits per heavy atom. The normalized spacial score (nSPS) is 18.9. The van der Waals surface area contributed by atoms with Crippen molar-refractivity contribution in [1.29, 1.82) is 0 Å². The van der Waals surface area contributed by atoms with Gasteiger partial charge in [-0.2, -0.15) is 0 Å². The van der Waals surface area contributed by atoms with Crippen molar-refractivity contribution in [3.05, 3.63) is 32.8 Å². The lowest BCUT2D eigenvalue weighted by Gasteiger charge is -2.32. The summed E-state index contributed by atoms with van der Waals surface area (Å²) in [6.07, 6.45) is 0. The summed E-state index contributed by atoms with van der Waals surface area (Å²) < 4.78 is 0. The Morgan fingerprint density at radius 1 is 1.10 bits per heavy atom. The van der Waals surface area contributed by atoms with E-state index in [0.717, 1.165) is 44.8 Å². The minimum absolute atomic E-state index is 0.153. The maximum atomic E-state index is 6.26. The fourth-order valence-electron chi connectivity index (χ4n) is 2.50. The quantitative estimate of drug-likeness (QED) is 0.819. The standard InChI is InChI=1S/C15H22Cl3N3/c1-11(12-3-4-13(16)15(18)14(12)17)19-5-6-21-9-7-20(2)8-10-21/h3-4,11,19H,5-10H2,1-2H3. The van der Waals surface area contributed by atoms with Crippen molar-refractivity contribution in [3.8, 4) is 0 Å². The number of hydrogen-bond donors (Lipinski definition) is 1. The molecule has 6 heteroatoms. The number of nitrogens with zero attached hydrogens (tertiary/aromatic N) is 2. The molecular weight excluding hydrogens is 329 g/mol. The van der Waals surface area contributed by atoms with Gasteiger partial charge in [-0.05, 0) is 25.6 Å². The molecule has 1 unspecified atom stereocenters. The summed E-state index contributed by atoms with van der Waals surface area (Å²) in [5, 5.41) is 4.98. The largest absolute Gasteiger partial charge is 0.309 e. The van der Waals surface area contributed by atoms with Gasteiger partial charge in [0.2, 0.25) is 0 Å². The van der Waals surface area contributed by atoms with E-state index in [-0.39, 0.29) is 6.04 Å². The molecule has 1 aliphatic heterocycles. The van der Waals surface area contributed by atoms with Gasteiger partial charge in [0.1, 0.15) is 0 Å². The zero-order valence-corrected chi connectivity index (χ0v) is 14.8. The lowest BCUT2D eigenvalue weighted by molar-refractivity contribution is 0.154. The minimum atomic E-state index is 0.153. The molecule has 3 nitrogen and oxygen atoms in total. The van der Waals surface area contributed by atoms with Crippen LogP contribution >= 0.6 is 34.8 Å². The molecule has 1 saturated heterocycles. The van der Waals surface area contributed by atoms with Crippen molar-refractivity contribution in [2.45, 2.75) is 13.0 Å². The second-order valence-corrected chi connectivity index (χ2v) is 6.75. The van der Waals surface area contributed by atoms with E-state index in [0.29, 0.717) is 15.1 Å². The van der Waals surface area contributed by atoms with Crippen LogP contribution < -0.4 is 5.32 Å². The van der Waals surface area contributed by atoms with Crippen molar-refractivity contribution in [1.82, 2.24) is 15.1 Å². The van der Waals surface area contributed by atoms with Crippen molar-refractivity contribution in [3.63, 3.8) is 0 Å². The predicted molar refractivity (Wildman–Crippen MR) is 91.8 cm³/mol. The predicted octanol–water partition coefficient (Wildman–Crippen LogP) is 3.54. The lowest BCUT2D eigenvalue weighted by atomic mass is 10.1. The SMILES string of the molecule is CC(NCCN1CCN(C)CC1)c1ccc(Cl)c(Cl)c1Cl. The third-order valence-electron chi connectivity index (χ3n) is 4.01. The highest BCUT2D eigenvalue weighted by atomic mass is 35.5. The number of halogens is 3. The van der Waals surface area contributed by atoms with Crippen molar-refractivity contribution < 1.29 is 0 Å². The van der Waals surface area contributed by atoms with Gasteiger partial charge in [-0.25, -0.2) is 0 Å². The first kappa shape index (κ1) is 17.3. The topological polar surface area (TPSA) is 18.5 Å². The molecule has 1 atom stereocenters. The number of nitrogens with one attached hydrogen (secondary N) is 1. The molecule has 2 rings (SSSR count). The molecule has 118 valence electrons. The van der Waals surface area contributed by atoms with Crippen LogP contribution in [0.3, 0.4) is 0 Å². The molecule has 0 saturated carbocycles. The highest BCUT2D eigenvalue weighted by Gasteiger charge is 2.16. The zero-order chi connectivity index (χ0) is 15.4. The number of likely N-dealkylation sites (N-methyl/N-ethyl adjacent to an activating group) is 1. The molecule has 1 N–H and O–H groups in total. The van der Waals surface area contributed by atoms with Gasteiger partial charge in [0, 0.05) is 45.3 Å². The Kier molecular flexibility index (Phi) is 6.60.